The number of benzene rings is 2. The van der Waals surface area contributed by atoms with Gasteiger partial charge in [-0.2, -0.15) is 0 Å². The Morgan fingerprint density at radius 2 is 1.77 bits per heavy atom. The van der Waals surface area contributed by atoms with Gasteiger partial charge in [0, 0.05) is 24.7 Å². The molecule has 0 atom stereocenters. The number of hydrogen-bond donors (Lipinski definition) is 1. The molecule has 0 heterocycles. The second-order valence-corrected chi connectivity index (χ2v) is 9.23. The third kappa shape index (κ3) is 7.15. The maximum Gasteiger partial charge on any atom is 0.264 e. The zero-order valence-corrected chi connectivity index (χ0v) is 19.8. The van der Waals surface area contributed by atoms with Gasteiger partial charge in [-0.1, -0.05) is 12.1 Å². The summed E-state index contributed by atoms with van der Waals surface area (Å²) in [5.74, 6) is 0.00515. The number of carbonyl (C=O) groups excluding carboxylic acids is 1. The predicted octanol–water partition coefficient (Wildman–Crippen LogP) is 3.55. The quantitative estimate of drug-likeness (QED) is 0.359. The van der Waals surface area contributed by atoms with E-state index in [1.165, 1.54) is 11.8 Å². The Morgan fingerprint density at radius 3 is 2.42 bits per heavy atom. The van der Waals surface area contributed by atoms with Crippen molar-refractivity contribution < 1.29 is 22.7 Å². The number of anilines is 1. The van der Waals surface area contributed by atoms with Crippen LogP contribution in [0.15, 0.2) is 58.3 Å². The van der Waals surface area contributed by atoms with Crippen LogP contribution in [0.4, 0.5) is 5.69 Å². The van der Waals surface area contributed by atoms with Crippen LogP contribution in [0, 0.1) is 0 Å². The number of rotatable bonds is 13. The van der Waals surface area contributed by atoms with Gasteiger partial charge in [0.15, 0.2) is 0 Å². The normalized spacial score (nSPS) is 11.2. The molecule has 2 rings (SSSR count). The number of ether oxygens (including phenoxy) is 2. The molecule has 170 valence electrons. The average molecular weight is 467 g/mol. The van der Waals surface area contributed by atoms with Crippen LogP contribution in [0.5, 0.6) is 5.75 Å². The van der Waals surface area contributed by atoms with Gasteiger partial charge in [0.05, 0.1) is 17.2 Å². The maximum absolute atomic E-state index is 13.5. The number of nitrogens with zero attached hydrogens (tertiary/aromatic N) is 1. The van der Waals surface area contributed by atoms with Crippen LogP contribution in [-0.2, 0) is 19.6 Å². The van der Waals surface area contributed by atoms with Gasteiger partial charge < -0.3 is 14.8 Å². The van der Waals surface area contributed by atoms with E-state index in [-0.39, 0.29) is 11.4 Å². The van der Waals surface area contributed by atoms with E-state index in [0.29, 0.717) is 44.2 Å². The van der Waals surface area contributed by atoms with E-state index in [0.717, 1.165) is 9.20 Å². The molecule has 0 aliphatic carbocycles. The number of para-hydroxylation sites is 2. The summed E-state index contributed by atoms with van der Waals surface area (Å²) < 4.78 is 39.0. The molecule has 0 radical (unpaired) electrons. The third-order valence-corrected chi connectivity index (χ3v) is 6.88. The van der Waals surface area contributed by atoms with Gasteiger partial charge in [-0.3, -0.25) is 9.10 Å². The molecule has 0 unspecified atom stereocenters. The lowest BCUT2D eigenvalue weighted by Gasteiger charge is -2.26. The van der Waals surface area contributed by atoms with Crippen molar-refractivity contribution in [2.45, 2.75) is 30.1 Å². The van der Waals surface area contributed by atoms with Gasteiger partial charge in [-0.25, -0.2) is 8.42 Å². The minimum Gasteiger partial charge on any atom is -0.492 e. The predicted molar refractivity (Wildman–Crippen MR) is 124 cm³/mol. The lowest BCUT2D eigenvalue weighted by molar-refractivity contribution is -0.119. The summed E-state index contributed by atoms with van der Waals surface area (Å²) >= 11 is 1.52. The topological polar surface area (TPSA) is 84.9 Å². The molecule has 0 saturated carbocycles. The molecule has 31 heavy (non-hydrogen) atoms. The summed E-state index contributed by atoms with van der Waals surface area (Å²) in [5, 5.41) is 2.77. The highest BCUT2D eigenvalue weighted by molar-refractivity contribution is 7.98. The Labute approximate surface area is 189 Å². The first kappa shape index (κ1) is 25.0. The Balaban J connectivity index is 2.32. The van der Waals surface area contributed by atoms with Gasteiger partial charge in [0.2, 0.25) is 5.91 Å². The average Bonchev–Trinajstić information content (AvgIpc) is 2.78. The minimum absolute atomic E-state index is 0.112. The SMILES string of the molecule is CCOCCCNC(=O)CN(c1ccccc1OCC)S(=O)(=O)c1ccc(SC)cc1. The molecule has 9 heteroatoms. The summed E-state index contributed by atoms with van der Waals surface area (Å²) in [6.07, 6.45) is 2.57. The smallest absolute Gasteiger partial charge is 0.264 e. The van der Waals surface area contributed by atoms with Gasteiger partial charge in [0.1, 0.15) is 12.3 Å². The van der Waals surface area contributed by atoms with E-state index in [2.05, 4.69) is 5.32 Å². The van der Waals surface area contributed by atoms with Crippen molar-refractivity contribution >= 4 is 33.4 Å². The second kappa shape index (κ2) is 12.6. The maximum atomic E-state index is 13.5. The summed E-state index contributed by atoms with van der Waals surface area (Å²) in [7, 11) is -4.00. The fourth-order valence-corrected chi connectivity index (χ4v) is 4.69. The van der Waals surface area contributed by atoms with Crippen molar-refractivity contribution in [1.82, 2.24) is 5.32 Å². The van der Waals surface area contributed by atoms with Crippen LogP contribution in [0.3, 0.4) is 0 Å². The van der Waals surface area contributed by atoms with Crippen molar-refractivity contribution in [3.8, 4) is 5.75 Å². The lowest BCUT2D eigenvalue weighted by Crippen LogP contribution is -2.41. The summed E-state index contributed by atoms with van der Waals surface area (Å²) in [4.78, 5) is 13.7. The van der Waals surface area contributed by atoms with E-state index in [1.54, 1.807) is 48.5 Å². The highest BCUT2D eigenvalue weighted by Gasteiger charge is 2.29. The van der Waals surface area contributed by atoms with E-state index in [4.69, 9.17) is 9.47 Å². The highest BCUT2D eigenvalue weighted by Crippen LogP contribution is 2.32. The number of hydrogen-bond acceptors (Lipinski definition) is 6. The molecule has 0 saturated heterocycles. The number of thioether (sulfide) groups is 1. The van der Waals surface area contributed by atoms with E-state index in [1.807, 2.05) is 20.1 Å². The molecular weight excluding hydrogens is 436 g/mol. The molecule has 1 N–H and O–H groups in total. The number of amides is 1. The first-order valence-corrected chi connectivity index (χ1v) is 12.8. The Hall–Kier alpha value is -2.23. The van der Waals surface area contributed by atoms with Gasteiger partial charge in [-0.15, -0.1) is 11.8 Å². The first-order valence-electron chi connectivity index (χ1n) is 10.2. The number of nitrogens with one attached hydrogen (secondary N) is 1. The van der Waals surface area contributed by atoms with Crippen LogP contribution in [0.25, 0.3) is 0 Å². The van der Waals surface area contributed by atoms with Crippen molar-refractivity contribution in [3.05, 3.63) is 48.5 Å². The fourth-order valence-electron chi connectivity index (χ4n) is 2.85. The van der Waals surface area contributed by atoms with Crippen molar-refractivity contribution in [2.24, 2.45) is 0 Å². The van der Waals surface area contributed by atoms with Crippen LogP contribution in [-0.4, -0.2) is 53.5 Å². The van der Waals surface area contributed by atoms with Crippen LogP contribution < -0.4 is 14.4 Å². The molecular formula is C22H30N2O5S2. The summed E-state index contributed by atoms with van der Waals surface area (Å²) in [5.41, 5.74) is 0.322. The molecule has 2 aromatic rings. The van der Waals surface area contributed by atoms with E-state index in [9.17, 15) is 13.2 Å². The first-order chi connectivity index (χ1) is 14.9. The summed E-state index contributed by atoms with van der Waals surface area (Å²) in [6, 6.07) is 13.4. The highest BCUT2D eigenvalue weighted by atomic mass is 32.2. The van der Waals surface area contributed by atoms with Crippen molar-refractivity contribution in [3.63, 3.8) is 0 Å². The Bertz CT molecular complexity index is 933. The molecule has 0 fully saturated rings. The Kier molecular flexibility index (Phi) is 10.2. The number of carbonyl (C=O) groups is 1. The van der Waals surface area contributed by atoms with E-state index >= 15 is 0 Å². The molecule has 2 aromatic carbocycles. The minimum atomic E-state index is -4.00. The van der Waals surface area contributed by atoms with Crippen molar-refractivity contribution in [2.75, 3.05) is 43.5 Å². The number of sulfonamides is 1. The van der Waals surface area contributed by atoms with Gasteiger partial charge in [-0.05, 0) is 62.9 Å². The van der Waals surface area contributed by atoms with Gasteiger partial charge >= 0.3 is 0 Å². The zero-order chi connectivity index (χ0) is 22.7. The molecule has 7 nitrogen and oxygen atoms in total. The molecule has 1 amide bonds. The molecule has 0 aliphatic heterocycles. The van der Waals surface area contributed by atoms with E-state index < -0.39 is 15.9 Å². The monoisotopic (exact) mass is 466 g/mol. The van der Waals surface area contributed by atoms with Crippen LogP contribution in [0.1, 0.15) is 20.3 Å². The Morgan fingerprint density at radius 1 is 1.06 bits per heavy atom. The standard InChI is InChI=1S/C22H30N2O5S2/c1-4-28-16-8-15-23-22(25)17-24(20-9-6-7-10-21(20)29-5-2)31(26,27)19-13-11-18(30-3)12-14-19/h6-7,9-14H,4-5,8,15-17H2,1-3H3,(H,23,25). The molecule has 0 aromatic heterocycles. The zero-order valence-electron chi connectivity index (χ0n) is 18.2. The van der Waals surface area contributed by atoms with Crippen LogP contribution >= 0.6 is 11.8 Å². The van der Waals surface area contributed by atoms with Crippen molar-refractivity contribution in [1.29, 1.82) is 0 Å². The molecule has 0 spiro atoms. The molecule has 0 aliphatic rings. The fraction of sp³-hybridized carbons (Fsp3) is 0.409. The summed E-state index contributed by atoms with van der Waals surface area (Å²) in [6.45, 7) is 5.30. The third-order valence-electron chi connectivity index (χ3n) is 4.36. The molecule has 0 bridgehead atoms. The largest absolute Gasteiger partial charge is 0.492 e. The van der Waals surface area contributed by atoms with Gasteiger partial charge in [0.25, 0.3) is 10.0 Å². The lowest BCUT2D eigenvalue weighted by atomic mass is 10.3. The van der Waals surface area contributed by atoms with Crippen LogP contribution in [0.2, 0.25) is 0 Å². The second-order valence-electron chi connectivity index (χ2n) is 6.49.